The third-order valence-corrected chi connectivity index (χ3v) is 3.20. The summed E-state index contributed by atoms with van der Waals surface area (Å²) < 4.78 is 0.675. The van der Waals surface area contributed by atoms with Gasteiger partial charge in [-0.15, -0.1) is 0 Å². The van der Waals surface area contributed by atoms with E-state index < -0.39 is 0 Å². The maximum atomic E-state index is 5.24. The second-order valence-corrected chi connectivity index (χ2v) is 4.34. The summed E-state index contributed by atoms with van der Waals surface area (Å²) in [6.07, 6.45) is 0. The van der Waals surface area contributed by atoms with Gasteiger partial charge in [0.15, 0.2) is 0 Å². The van der Waals surface area contributed by atoms with E-state index in [-0.39, 0.29) is 0 Å². The average molecular weight is 230 g/mol. The van der Waals surface area contributed by atoms with Crippen molar-refractivity contribution in [3.63, 3.8) is 0 Å². The standard InChI is InChI=1S/C13H14N2S/c1-8-6-4-5-7-11(8)12-14-10(3)9(2)13(16)15-12/h4-7H,1-3H3,(H,14,15,16). The first kappa shape index (κ1) is 11.0. The molecule has 2 nitrogen and oxygen atoms in total. The number of nitrogens with zero attached hydrogens (tertiary/aromatic N) is 1. The number of aromatic nitrogens is 2. The Kier molecular flexibility index (Phi) is 2.88. The number of aromatic amines is 1. The van der Waals surface area contributed by atoms with Crippen molar-refractivity contribution in [1.82, 2.24) is 9.97 Å². The first-order valence-corrected chi connectivity index (χ1v) is 5.64. The molecule has 1 heterocycles. The maximum absolute atomic E-state index is 5.24. The lowest BCUT2D eigenvalue weighted by Gasteiger charge is -2.08. The molecule has 1 aromatic carbocycles. The molecule has 1 N–H and O–H groups in total. The van der Waals surface area contributed by atoms with Crippen molar-refractivity contribution in [1.29, 1.82) is 0 Å². The van der Waals surface area contributed by atoms with Gasteiger partial charge in [-0.3, -0.25) is 0 Å². The predicted octanol–water partition coefficient (Wildman–Crippen LogP) is 3.73. The first-order valence-electron chi connectivity index (χ1n) is 5.23. The summed E-state index contributed by atoms with van der Waals surface area (Å²) in [5.41, 5.74) is 4.44. The quantitative estimate of drug-likeness (QED) is 0.756. The lowest BCUT2D eigenvalue weighted by molar-refractivity contribution is 1.05. The van der Waals surface area contributed by atoms with Crippen LogP contribution in [0.25, 0.3) is 11.4 Å². The molecule has 0 amide bonds. The van der Waals surface area contributed by atoms with Crippen LogP contribution in [0.15, 0.2) is 24.3 Å². The summed E-state index contributed by atoms with van der Waals surface area (Å²) in [5.74, 6) is 0.853. The van der Waals surface area contributed by atoms with Gasteiger partial charge in [-0.25, -0.2) is 4.98 Å². The molecule has 0 radical (unpaired) electrons. The fourth-order valence-electron chi connectivity index (χ4n) is 1.61. The summed E-state index contributed by atoms with van der Waals surface area (Å²) in [5, 5.41) is 0. The Morgan fingerprint density at radius 1 is 1.12 bits per heavy atom. The van der Waals surface area contributed by atoms with Crippen molar-refractivity contribution in [2.24, 2.45) is 0 Å². The molecule has 0 spiro atoms. The van der Waals surface area contributed by atoms with Gasteiger partial charge in [0.2, 0.25) is 0 Å². The van der Waals surface area contributed by atoms with Crippen LogP contribution in [0.2, 0.25) is 0 Å². The van der Waals surface area contributed by atoms with E-state index in [0.717, 1.165) is 22.6 Å². The van der Waals surface area contributed by atoms with Crippen LogP contribution in [-0.2, 0) is 0 Å². The number of rotatable bonds is 1. The molecule has 0 fully saturated rings. The largest absolute Gasteiger partial charge is 0.343 e. The molecule has 0 unspecified atom stereocenters. The normalized spacial score (nSPS) is 10.4. The molecule has 0 atom stereocenters. The van der Waals surface area contributed by atoms with Gasteiger partial charge in [-0.1, -0.05) is 36.5 Å². The lowest BCUT2D eigenvalue weighted by atomic mass is 10.1. The number of hydrogen-bond donors (Lipinski definition) is 1. The number of H-pyrrole nitrogens is 1. The van der Waals surface area contributed by atoms with Crippen LogP contribution in [0.4, 0.5) is 0 Å². The van der Waals surface area contributed by atoms with Gasteiger partial charge in [0, 0.05) is 16.8 Å². The van der Waals surface area contributed by atoms with Gasteiger partial charge in [0.1, 0.15) is 10.5 Å². The Morgan fingerprint density at radius 3 is 2.44 bits per heavy atom. The Hall–Kier alpha value is -1.48. The van der Waals surface area contributed by atoms with Gasteiger partial charge >= 0.3 is 0 Å². The Balaban J connectivity index is 2.67. The summed E-state index contributed by atoms with van der Waals surface area (Å²) in [7, 11) is 0. The fourth-order valence-corrected chi connectivity index (χ4v) is 1.86. The van der Waals surface area contributed by atoms with E-state index in [2.05, 4.69) is 29.0 Å². The summed E-state index contributed by atoms with van der Waals surface area (Å²) >= 11 is 5.24. The van der Waals surface area contributed by atoms with E-state index in [1.807, 2.05) is 26.0 Å². The third-order valence-electron chi connectivity index (χ3n) is 2.80. The van der Waals surface area contributed by atoms with Crippen molar-refractivity contribution in [3.05, 3.63) is 45.7 Å². The topological polar surface area (TPSA) is 28.7 Å². The van der Waals surface area contributed by atoms with E-state index in [1.165, 1.54) is 5.56 Å². The van der Waals surface area contributed by atoms with Gasteiger partial charge in [-0.2, -0.15) is 0 Å². The first-order chi connectivity index (χ1) is 7.59. The number of aryl methyl sites for hydroxylation is 2. The van der Waals surface area contributed by atoms with Gasteiger partial charge in [0.25, 0.3) is 0 Å². The zero-order valence-electron chi connectivity index (χ0n) is 9.66. The van der Waals surface area contributed by atoms with Crippen LogP contribution >= 0.6 is 12.2 Å². The molecule has 2 rings (SSSR count). The molecule has 0 aliphatic heterocycles. The second kappa shape index (κ2) is 4.18. The highest BCUT2D eigenvalue weighted by Crippen LogP contribution is 2.20. The number of benzene rings is 1. The van der Waals surface area contributed by atoms with Crippen LogP contribution in [0.5, 0.6) is 0 Å². The van der Waals surface area contributed by atoms with Crippen molar-refractivity contribution < 1.29 is 0 Å². The van der Waals surface area contributed by atoms with Crippen molar-refractivity contribution in [3.8, 4) is 11.4 Å². The number of hydrogen-bond acceptors (Lipinski definition) is 2. The SMILES string of the molecule is Cc1ccccc1-c1nc(=S)c(C)c(C)[nH]1. The minimum absolute atomic E-state index is 0.675. The van der Waals surface area contributed by atoms with Crippen LogP contribution in [-0.4, -0.2) is 9.97 Å². The van der Waals surface area contributed by atoms with E-state index >= 15 is 0 Å². The van der Waals surface area contributed by atoms with E-state index in [4.69, 9.17) is 12.2 Å². The van der Waals surface area contributed by atoms with Gasteiger partial charge < -0.3 is 4.98 Å². The van der Waals surface area contributed by atoms with Crippen LogP contribution < -0.4 is 0 Å². The monoisotopic (exact) mass is 230 g/mol. The molecule has 3 heteroatoms. The Morgan fingerprint density at radius 2 is 1.81 bits per heavy atom. The fraction of sp³-hybridized carbons (Fsp3) is 0.231. The molecule has 82 valence electrons. The van der Waals surface area contributed by atoms with Crippen LogP contribution in [0.3, 0.4) is 0 Å². The Labute approximate surface area is 100 Å². The average Bonchev–Trinajstić information content (AvgIpc) is 2.26. The minimum Gasteiger partial charge on any atom is -0.343 e. The third kappa shape index (κ3) is 1.91. The molecule has 0 aliphatic carbocycles. The van der Waals surface area contributed by atoms with E-state index in [9.17, 15) is 0 Å². The highest BCUT2D eigenvalue weighted by molar-refractivity contribution is 7.71. The minimum atomic E-state index is 0.675. The van der Waals surface area contributed by atoms with Crippen molar-refractivity contribution >= 4 is 12.2 Å². The van der Waals surface area contributed by atoms with Crippen molar-refractivity contribution in [2.75, 3.05) is 0 Å². The lowest BCUT2D eigenvalue weighted by Crippen LogP contribution is -1.97. The molecular weight excluding hydrogens is 216 g/mol. The van der Waals surface area contributed by atoms with E-state index in [0.29, 0.717) is 4.64 Å². The molecule has 1 aromatic heterocycles. The summed E-state index contributed by atoms with van der Waals surface area (Å²) in [6.45, 7) is 6.08. The molecule has 2 aromatic rings. The maximum Gasteiger partial charge on any atom is 0.139 e. The molecule has 16 heavy (non-hydrogen) atoms. The smallest absolute Gasteiger partial charge is 0.139 e. The second-order valence-electron chi connectivity index (χ2n) is 3.96. The number of nitrogens with one attached hydrogen (secondary N) is 1. The highest BCUT2D eigenvalue weighted by Gasteiger charge is 2.05. The zero-order chi connectivity index (χ0) is 11.7. The predicted molar refractivity (Wildman–Crippen MR) is 69.1 cm³/mol. The molecule has 0 bridgehead atoms. The van der Waals surface area contributed by atoms with E-state index in [1.54, 1.807) is 0 Å². The van der Waals surface area contributed by atoms with Crippen LogP contribution in [0, 0.1) is 25.4 Å². The molecule has 0 saturated heterocycles. The highest BCUT2D eigenvalue weighted by atomic mass is 32.1. The van der Waals surface area contributed by atoms with Crippen LogP contribution in [0.1, 0.15) is 16.8 Å². The summed E-state index contributed by atoms with van der Waals surface area (Å²) in [4.78, 5) is 7.72. The van der Waals surface area contributed by atoms with Crippen molar-refractivity contribution in [2.45, 2.75) is 20.8 Å². The molecule has 0 saturated carbocycles. The zero-order valence-corrected chi connectivity index (χ0v) is 10.5. The Bertz CT molecular complexity index is 585. The molecule has 0 aliphatic rings. The van der Waals surface area contributed by atoms with Gasteiger partial charge in [-0.05, 0) is 26.3 Å². The summed E-state index contributed by atoms with van der Waals surface area (Å²) in [6, 6.07) is 8.16. The molecular formula is C13H14N2S. The van der Waals surface area contributed by atoms with Gasteiger partial charge in [0.05, 0.1) is 0 Å².